The Kier molecular flexibility index (Phi) is 2.88. The summed E-state index contributed by atoms with van der Waals surface area (Å²) in [7, 11) is 0. The van der Waals surface area contributed by atoms with Gasteiger partial charge in [0.2, 0.25) is 0 Å². The van der Waals surface area contributed by atoms with Crippen molar-refractivity contribution in [3.63, 3.8) is 0 Å². The van der Waals surface area contributed by atoms with E-state index >= 15 is 0 Å². The second kappa shape index (κ2) is 4.74. The smallest absolute Gasteiger partial charge is 0.0401 e. The van der Waals surface area contributed by atoms with Gasteiger partial charge in [-0.2, -0.15) is 0 Å². The molecule has 102 valence electrons. The number of benzene rings is 2. The summed E-state index contributed by atoms with van der Waals surface area (Å²) in [5, 5.41) is 0. The van der Waals surface area contributed by atoms with Gasteiger partial charge in [-0.25, -0.2) is 0 Å². The lowest BCUT2D eigenvalue weighted by molar-refractivity contribution is 0.715. The summed E-state index contributed by atoms with van der Waals surface area (Å²) in [4.78, 5) is 4.00. The first-order valence-electron chi connectivity index (χ1n) is 7.16. The molecule has 2 nitrogen and oxygen atoms in total. The summed E-state index contributed by atoms with van der Waals surface area (Å²) >= 11 is 2.00. The molecule has 0 fully saturated rings. The van der Waals surface area contributed by atoms with Crippen LogP contribution in [0.4, 0.5) is 11.4 Å². The lowest BCUT2D eigenvalue weighted by Crippen LogP contribution is -2.26. The van der Waals surface area contributed by atoms with E-state index in [9.17, 15) is 0 Å². The van der Waals surface area contributed by atoms with Crippen molar-refractivity contribution < 1.29 is 0 Å². The highest BCUT2D eigenvalue weighted by Gasteiger charge is 2.27. The molecule has 2 aliphatic heterocycles. The summed E-state index contributed by atoms with van der Waals surface area (Å²) < 4.78 is 0. The van der Waals surface area contributed by atoms with Crippen molar-refractivity contribution in [3.8, 4) is 0 Å². The summed E-state index contributed by atoms with van der Waals surface area (Å²) in [6.45, 7) is 2.25. The van der Waals surface area contributed by atoms with Crippen LogP contribution < -0.4 is 10.6 Å². The van der Waals surface area contributed by atoms with E-state index in [0.717, 1.165) is 25.2 Å². The zero-order chi connectivity index (χ0) is 13.5. The molecule has 0 saturated heterocycles. The zero-order valence-corrected chi connectivity index (χ0v) is 12.2. The Morgan fingerprint density at radius 1 is 1.20 bits per heavy atom. The molecule has 1 atom stereocenters. The largest absolute Gasteiger partial charge is 0.399 e. The highest BCUT2D eigenvalue weighted by molar-refractivity contribution is 7.99. The van der Waals surface area contributed by atoms with Crippen molar-refractivity contribution in [1.29, 1.82) is 0 Å². The van der Waals surface area contributed by atoms with Crippen molar-refractivity contribution in [2.24, 2.45) is 0 Å². The number of nitrogen functional groups attached to an aromatic ring is 1. The second-order valence-electron chi connectivity index (χ2n) is 5.63. The number of nitrogens with two attached hydrogens (primary N) is 1. The van der Waals surface area contributed by atoms with Crippen LogP contribution in [-0.2, 0) is 6.42 Å². The Balaban J connectivity index is 1.58. The average Bonchev–Trinajstić information content (AvgIpc) is 3.04. The van der Waals surface area contributed by atoms with Crippen LogP contribution in [0.2, 0.25) is 0 Å². The number of rotatable bonds is 2. The van der Waals surface area contributed by atoms with Crippen LogP contribution in [0.25, 0.3) is 0 Å². The highest BCUT2D eigenvalue weighted by Crippen LogP contribution is 2.41. The molecule has 2 heterocycles. The predicted molar refractivity (Wildman–Crippen MR) is 86.7 cm³/mol. The number of nitrogens with zero attached hydrogens (tertiary/aromatic N) is 1. The molecule has 2 aliphatic rings. The Hall–Kier alpha value is -1.61. The SMILES string of the molecule is Nc1ccc2c(c1)CCN2CC1CSc2ccccc21. The van der Waals surface area contributed by atoms with E-state index in [4.69, 9.17) is 5.73 Å². The number of hydrogen-bond donors (Lipinski definition) is 1. The van der Waals surface area contributed by atoms with Gasteiger partial charge in [0.05, 0.1) is 0 Å². The molecule has 3 heteroatoms. The monoisotopic (exact) mass is 282 g/mol. The van der Waals surface area contributed by atoms with Crippen LogP contribution in [0.5, 0.6) is 0 Å². The molecule has 4 rings (SSSR count). The fourth-order valence-corrected chi connectivity index (χ4v) is 4.57. The third kappa shape index (κ3) is 1.97. The molecule has 0 aromatic heterocycles. The molecule has 0 aliphatic carbocycles. The Labute approximate surface area is 124 Å². The normalized spacial score (nSPS) is 20.0. The highest BCUT2D eigenvalue weighted by atomic mass is 32.2. The van der Waals surface area contributed by atoms with Gasteiger partial charge in [0.25, 0.3) is 0 Å². The molecular weight excluding hydrogens is 264 g/mol. The van der Waals surface area contributed by atoms with Gasteiger partial charge in [-0.1, -0.05) is 18.2 Å². The maximum atomic E-state index is 5.88. The second-order valence-corrected chi connectivity index (χ2v) is 6.69. The molecule has 2 aromatic rings. The van der Waals surface area contributed by atoms with Gasteiger partial charge in [0.15, 0.2) is 0 Å². The number of anilines is 2. The first-order chi connectivity index (χ1) is 9.81. The number of hydrogen-bond acceptors (Lipinski definition) is 3. The van der Waals surface area contributed by atoms with E-state index in [2.05, 4.69) is 41.3 Å². The lowest BCUT2D eigenvalue weighted by atomic mass is 10.0. The van der Waals surface area contributed by atoms with E-state index in [1.54, 1.807) is 0 Å². The van der Waals surface area contributed by atoms with Gasteiger partial charge in [-0.15, -0.1) is 11.8 Å². The molecular formula is C17H18N2S. The third-order valence-electron chi connectivity index (χ3n) is 4.33. The van der Waals surface area contributed by atoms with Crippen molar-refractivity contribution in [2.75, 3.05) is 29.5 Å². The Morgan fingerprint density at radius 3 is 3.05 bits per heavy atom. The fraction of sp³-hybridized carbons (Fsp3) is 0.294. The minimum Gasteiger partial charge on any atom is -0.399 e. The van der Waals surface area contributed by atoms with Gasteiger partial charge < -0.3 is 10.6 Å². The first-order valence-corrected chi connectivity index (χ1v) is 8.15. The standard InChI is InChI=1S/C17H18N2S/c18-14-5-6-16-12(9-14)7-8-19(16)10-13-11-20-17-4-2-1-3-15(13)17/h1-6,9,13H,7-8,10-11,18H2. The van der Waals surface area contributed by atoms with Crippen molar-refractivity contribution >= 4 is 23.1 Å². The van der Waals surface area contributed by atoms with E-state index in [1.165, 1.54) is 27.5 Å². The van der Waals surface area contributed by atoms with Gasteiger partial charge >= 0.3 is 0 Å². The molecule has 20 heavy (non-hydrogen) atoms. The average molecular weight is 282 g/mol. The van der Waals surface area contributed by atoms with Crippen LogP contribution in [-0.4, -0.2) is 18.8 Å². The molecule has 0 saturated carbocycles. The zero-order valence-electron chi connectivity index (χ0n) is 11.4. The summed E-state index contributed by atoms with van der Waals surface area (Å²) in [5.74, 6) is 1.86. The van der Waals surface area contributed by atoms with Crippen LogP contribution in [0, 0.1) is 0 Å². The van der Waals surface area contributed by atoms with Crippen LogP contribution in [0.15, 0.2) is 47.4 Å². The lowest BCUT2D eigenvalue weighted by Gasteiger charge is -2.23. The summed E-state index contributed by atoms with van der Waals surface area (Å²) in [5.41, 5.74) is 11.1. The number of fused-ring (bicyclic) bond motifs is 2. The fourth-order valence-electron chi connectivity index (χ4n) is 3.33. The molecule has 0 spiro atoms. The molecule has 0 bridgehead atoms. The van der Waals surface area contributed by atoms with E-state index in [-0.39, 0.29) is 0 Å². The first kappa shape index (κ1) is 12.2. The minimum atomic E-state index is 0.653. The number of thioether (sulfide) groups is 1. The van der Waals surface area contributed by atoms with E-state index < -0.39 is 0 Å². The van der Waals surface area contributed by atoms with Crippen LogP contribution in [0.3, 0.4) is 0 Å². The van der Waals surface area contributed by atoms with Gasteiger partial charge in [-0.05, 0) is 41.8 Å². The maximum Gasteiger partial charge on any atom is 0.0401 e. The molecule has 2 aromatic carbocycles. The van der Waals surface area contributed by atoms with Crippen molar-refractivity contribution in [3.05, 3.63) is 53.6 Å². The molecule has 0 amide bonds. The topological polar surface area (TPSA) is 29.3 Å². The predicted octanol–water partition coefficient (Wildman–Crippen LogP) is 3.52. The summed E-state index contributed by atoms with van der Waals surface area (Å²) in [6, 6.07) is 15.2. The van der Waals surface area contributed by atoms with Crippen LogP contribution in [0.1, 0.15) is 17.0 Å². The minimum absolute atomic E-state index is 0.653. The van der Waals surface area contributed by atoms with Crippen molar-refractivity contribution in [1.82, 2.24) is 0 Å². The third-order valence-corrected chi connectivity index (χ3v) is 5.59. The maximum absolute atomic E-state index is 5.88. The van der Waals surface area contributed by atoms with Gasteiger partial charge in [0, 0.05) is 41.0 Å². The Bertz CT molecular complexity index is 653. The van der Waals surface area contributed by atoms with E-state index in [0.29, 0.717) is 5.92 Å². The van der Waals surface area contributed by atoms with Crippen LogP contribution >= 0.6 is 11.8 Å². The molecule has 2 N–H and O–H groups in total. The van der Waals surface area contributed by atoms with Gasteiger partial charge in [0.1, 0.15) is 0 Å². The summed E-state index contributed by atoms with van der Waals surface area (Å²) in [6.07, 6.45) is 1.13. The molecule has 0 radical (unpaired) electrons. The van der Waals surface area contributed by atoms with Gasteiger partial charge in [-0.3, -0.25) is 0 Å². The molecule has 1 unspecified atom stereocenters. The van der Waals surface area contributed by atoms with Crippen molar-refractivity contribution in [2.45, 2.75) is 17.2 Å². The Morgan fingerprint density at radius 2 is 2.10 bits per heavy atom. The quantitative estimate of drug-likeness (QED) is 0.855. The van der Waals surface area contributed by atoms with E-state index in [1.807, 2.05) is 17.8 Å².